The van der Waals surface area contributed by atoms with Gasteiger partial charge in [-0.2, -0.15) is 5.10 Å². The van der Waals surface area contributed by atoms with Gasteiger partial charge in [0.05, 0.1) is 17.9 Å². The van der Waals surface area contributed by atoms with Gasteiger partial charge in [0, 0.05) is 29.6 Å². The maximum Gasteiger partial charge on any atom is 0.239 e. The maximum atomic E-state index is 12.5. The highest BCUT2D eigenvalue weighted by molar-refractivity contribution is 5.91. The molecule has 0 radical (unpaired) electrons. The first-order valence-corrected chi connectivity index (χ1v) is 10.2. The molecule has 0 unspecified atom stereocenters. The molecule has 2 heterocycles. The molecule has 0 aliphatic rings. The van der Waals surface area contributed by atoms with Crippen LogP contribution in [0.1, 0.15) is 11.3 Å². The first kappa shape index (κ1) is 20.5. The van der Waals surface area contributed by atoms with Gasteiger partial charge in [-0.05, 0) is 38.2 Å². The van der Waals surface area contributed by atoms with Crippen molar-refractivity contribution in [2.75, 3.05) is 18.9 Å². The number of amides is 1. The number of aryl methyl sites for hydroxylation is 1. The van der Waals surface area contributed by atoms with Gasteiger partial charge < -0.3 is 5.32 Å². The van der Waals surface area contributed by atoms with Gasteiger partial charge >= 0.3 is 0 Å². The molecular weight excluding hydrogens is 386 g/mol. The summed E-state index contributed by atoms with van der Waals surface area (Å²) in [7, 11) is 1.93. The molecule has 1 amide bonds. The van der Waals surface area contributed by atoms with E-state index in [0.717, 1.165) is 28.2 Å². The van der Waals surface area contributed by atoms with E-state index in [2.05, 4.69) is 22.4 Å². The number of benzene rings is 2. The van der Waals surface area contributed by atoms with E-state index in [1.54, 1.807) is 6.07 Å². The number of pyridine rings is 1. The van der Waals surface area contributed by atoms with E-state index < -0.39 is 0 Å². The van der Waals surface area contributed by atoms with Crippen LogP contribution >= 0.6 is 0 Å². The number of likely N-dealkylation sites (N-methyl/N-ethyl adjacent to an activating group) is 1. The van der Waals surface area contributed by atoms with Crippen LogP contribution in [-0.4, -0.2) is 39.2 Å². The van der Waals surface area contributed by atoms with Gasteiger partial charge in [0.25, 0.3) is 0 Å². The molecule has 156 valence electrons. The van der Waals surface area contributed by atoms with Gasteiger partial charge in [0.2, 0.25) is 5.91 Å². The quantitative estimate of drug-likeness (QED) is 0.492. The van der Waals surface area contributed by atoms with Gasteiger partial charge in [-0.25, -0.2) is 9.67 Å². The zero-order valence-electron chi connectivity index (χ0n) is 17.7. The molecule has 0 fully saturated rings. The molecule has 6 heteroatoms. The number of para-hydroxylation sites is 1. The molecule has 0 aliphatic heterocycles. The van der Waals surface area contributed by atoms with Crippen LogP contribution in [0.15, 0.2) is 85.1 Å². The molecule has 0 atom stereocenters. The van der Waals surface area contributed by atoms with Crippen LogP contribution in [0.5, 0.6) is 0 Å². The van der Waals surface area contributed by atoms with Gasteiger partial charge in [-0.15, -0.1) is 0 Å². The topological polar surface area (TPSA) is 63.1 Å². The summed E-state index contributed by atoms with van der Waals surface area (Å²) in [6, 6.07) is 25.7. The predicted molar refractivity (Wildman–Crippen MR) is 123 cm³/mol. The molecule has 4 rings (SSSR count). The van der Waals surface area contributed by atoms with Crippen LogP contribution in [0.3, 0.4) is 0 Å². The average Bonchev–Trinajstić information content (AvgIpc) is 3.18. The van der Waals surface area contributed by atoms with Crippen LogP contribution in [0.2, 0.25) is 0 Å². The smallest absolute Gasteiger partial charge is 0.239 e. The summed E-state index contributed by atoms with van der Waals surface area (Å²) in [5.74, 6) is 0.470. The maximum absolute atomic E-state index is 12.5. The lowest BCUT2D eigenvalue weighted by atomic mass is 10.1. The van der Waals surface area contributed by atoms with Gasteiger partial charge in [-0.1, -0.05) is 54.6 Å². The van der Waals surface area contributed by atoms with Crippen molar-refractivity contribution < 1.29 is 4.79 Å². The Labute approximate surface area is 182 Å². The lowest BCUT2D eigenvalue weighted by Gasteiger charge is -2.16. The van der Waals surface area contributed by atoms with Gasteiger partial charge in [0.15, 0.2) is 0 Å². The summed E-state index contributed by atoms with van der Waals surface area (Å²) >= 11 is 0. The van der Waals surface area contributed by atoms with E-state index in [4.69, 9.17) is 5.10 Å². The number of hydrogen-bond donors (Lipinski definition) is 1. The van der Waals surface area contributed by atoms with E-state index in [9.17, 15) is 4.79 Å². The van der Waals surface area contributed by atoms with E-state index in [1.165, 1.54) is 0 Å². The Hall–Kier alpha value is -3.77. The van der Waals surface area contributed by atoms with Gasteiger partial charge in [-0.3, -0.25) is 9.69 Å². The van der Waals surface area contributed by atoms with Crippen LogP contribution < -0.4 is 5.32 Å². The number of nitrogens with zero attached hydrogens (tertiary/aromatic N) is 4. The van der Waals surface area contributed by atoms with Crippen LogP contribution in [0, 0.1) is 6.92 Å². The van der Waals surface area contributed by atoms with Crippen molar-refractivity contribution in [3.05, 3.63) is 96.3 Å². The molecule has 2 aromatic carbocycles. The summed E-state index contributed by atoms with van der Waals surface area (Å²) in [5.41, 5.74) is 4.88. The van der Waals surface area contributed by atoms with Gasteiger partial charge in [0.1, 0.15) is 5.82 Å². The van der Waals surface area contributed by atoms with Crippen molar-refractivity contribution in [1.29, 1.82) is 0 Å². The summed E-state index contributed by atoms with van der Waals surface area (Å²) in [6.45, 7) is 2.74. The average molecular weight is 412 g/mol. The van der Waals surface area contributed by atoms with Crippen molar-refractivity contribution in [3.8, 4) is 16.9 Å². The Kier molecular flexibility index (Phi) is 6.19. The minimum absolute atomic E-state index is 0.0997. The van der Waals surface area contributed by atoms with Crippen molar-refractivity contribution in [3.63, 3.8) is 0 Å². The molecule has 4 aromatic rings. The first-order chi connectivity index (χ1) is 15.1. The molecule has 0 spiro atoms. The largest absolute Gasteiger partial charge is 0.310 e. The fourth-order valence-electron chi connectivity index (χ4n) is 3.46. The molecule has 2 aromatic heterocycles. The minimum atomic E-state index is -0.0997. The molecule has 0 aliphatic carbocycles. The summed E-state index contributed by atoms with van der Waals surface area (Å²) in [6.07, 6.45) is 2.04. The standard InChI is InChI=1S/C25H25N5O/c1-19-10-9-15-23(26-19)27-24(31)18-29(2)16-21-17-30(22-13-7-4-8-14-22)28-25(21)20-11-5-3-6-12-20/h3-15,17H,16,18H2,1-2H3,(H,26,27,31). The molecule has 0 saturated heterocycles. The zero-order chi connectivity index (χ0) is 21.6. The Bertz CT molecular complexity index is 1160. The van der Waals surface area contributed by atoms with E-state index in [-0.39, 0.29) is 12.5 Å². The Balaban J connectivity index is 1.52. The second kappa shape index (κ2) is 9.36. The monoisotopic (exact) mass is 411 g/mol. The lowest BCUT2D eigenvalue weighted by Crippen LogP contribution is -2.30. The normalized spacial score (nSPS) is 10.9. The molecule has 1 N–H and O–H groups in total. The van der Waals surface area contributed by atoms with Crippen molar-refractivity contribution in [2.24, 2.45) is 0 Å². The van der Waals surface area contributed by atoms with Crippen LogP contribution in [-0.2, 0) is 11.3 Å². The number of rotatable bonds is 7. The third-order valence-corrected chi connectivity index (χ3v) is 4.87. The molecule has 0 bridgehead atoms. The molecule has 0 saturated carbocycles. The minimum Gasteiger partial charge on any atom is -0.310 e. The highest BCUT2D eigenvalue weighted by atomic mass is 16.2. The molecular formula is C25H25N5O. The number of hydrogen-bond acceptors (Lipinski definition) is 4. The highest BCUT2D eigenvalue weighted by Gasteiger charge is 2.15. The number of aromatic nitrogens is 3. The second-order valence-corrected chi connectivity index (χ2v) is 7.53. The third kappa shape index (κ3) is 5.24. The van der Waals surface area contributed by atoms with Crippen molar-refractivity contribution >= 4 is 11.7 Å². The second-order valence-electron chi connectivity index (χ2n) is 7.53. The Morgan fingerprint density at radius 3 is 2.39 bits per heavy atom. The lowest BCUT2D eigenvalue weighted by molar-refractivity contribution is -0.117. The number of anilines is 1. The van der Waals surface area contributed by atoms with Crippen LogP contribution in [0.4, 0.5) is 5.82 Å². The highest BCUT2D eigenvalue weighted by Crippen LogP contribution is 2.24. The third-order valence-electron chi connectivity index (χ3n) is 4.87. The van der Waals surface area contributed by atoms with E-state index >= 15 is 0 Å². The number of carbonyl (C=O) groups excluding carboxylic acids is 1. The number of carbonyl (C=O) groups is 1. The summed E-state index contributed by atoms with van der Waals surface area (Å²) in [4.78, 5) is 18.8. The van der Waals surface area contributed by atoms with Crippen molar-refractivity contribution in [2.45, 2.75) is 13.5 Å². The fourth-order valence-corrected chi connectivity index (χ4v) is 3.46. The Morgan fingerprint density at radius 1 is 0.968 bits per heavy atom. The summed E-state index contributed by atoms with van der Waals surface area (Å²) in [5, 5.41) is 7.70. The molecule has 31 heavy (non-hydrogen) atoms. The van der Waals surface area contributed by atoms with Crippen LogP contribution in [0.25, 0.3) is 16.9 Å². The predicted octanol–water partition coefficient (Wildman–Crippen LogP) is 4.31. The first-order valence-electron chi connectivity index (χ1n) is 10.2. The summed E-state index contributed by atoms with van der Waals surface area (Å²) < 4.78 is 1.89. The fraction of sp³-hybridized carbons (Fsp3) is 0.160. The number of nitrogens with one attached hydrogen (secondary N) is 1. The Morgan fingerprint density at radius 2 is 1.68 bits per heavy atom. The zero-order valence-corrected chi connectivity index (χ0v) is 17.7. The molecule has 6 nitrogen and oxygen atoms in total. The van der Waals surface area contributed by atoms with E-state index in [0.29, 0.717) is 12.4 Å². The van der Waals surface area contributed by atoms with Crippen molar-refractivity contribution in [1.82, 2.24) is 19.7 Å². The van der Waals surface area contributed by atoms with E-state index in [1.807, 2.05) is 90.4 Å². The SMILES string of the molecule is Cc1cccc(NC(=O)CN(C)Cc2cn(-c3ccccc3)nc2-c2ccccc2)n1.